The van der Waals surface area contributed by atoms with E-state index in [0.29, 0.717) is 18.0 Å². The first-order valence-electron chi connectivity index (χ1n) is 11.8. The van der Waals surface area contributed by atoms with Gasteiger partial charge in [-0.25, -0.2) is 8.42 Å². The maximum Gasteiger partial charge on any atom is 0.245 e. The average Bonchev–Trinajstić information content (AvgIpc) is 2.90. The Kier molecular flexibility index (Phi) is 9.46. The number of rotatable bonds is 11. The van der Waals surface area contributed by atoms with Crippen LogP contribution in [-0.4, -0.2) is 49.8 Å². The van der Waals surface area contributed by atoms with Gasteiger partial charge in [-0.05, 0) is 54.4 Å². The van der Waals surface area contributed by atoms with Crippen LogP contribution in [0.4, 0.5) is 5.69 Å². The smallest absolute Gasteiger partial charge is 0.245 e. The summed E-state index contributed by atoms with van der Waals surface area (Å²) in [4.78, 5) is 17.0. The Balaban J connectivity index is 1.42. The van der Waals surface area contributed by atoms with E-state index in [1.165, 1.54) is 18.2 Å². The first-order valence-corrected chi connectivity index (χ1v) is 14.4. The molecule has 3 aromatic carbocycles. The molecule has 0 aliphatic rings. The first kappa shape index (κ1) is 28.1. The Morgan fingerprint density at radius 3 is 2.42 bits per heavy atom. The summed E-state index contributed by atoms with van der Waals surface area (Å²) in [6, 6.07) is 21.0. The van der Waals surface area contributed by atoms with Gasteiger partial charge in [0, 0.05) is 46.9 Å². The van der Waals surface area contributed by atoms with Crippen molar-refractivity contribution in [1.29, 1.82) is 0 Å². The topological polar surface area (TPSA) is 91.4 Å². The molecule has 7 nitrogen and oxygen atoms in total. The average molecular weight is 592 g/mol. The quantitative estimate of drug-likeness (QED) is 0.220. The van der Waals surface area contributed by atoms with E-state index >= 15 is 0 Å². The molecule has 0 aliphatic heterocycles. The third kappa shape index (κ3) is 7.15. The lowest BCUT2D eigenvalue weighted by Crippen LogP contribution is -2.42. The molecule has 0 aliphatic carbocycles. The fourth-order valence-corrected chi connectivity index (χ4v) is 6.19. The molecule has 0 unspecified atom stereocenters. The predicted octanol–water partition coefficient (Wildman–Crippen LogP) is 5.66. The standard InChI is InChI=1S/C27H25Cl3N4O3S/c28-20-6-8-22-24(10-12-31-25(22)16-20)32-13-14-33-27(35)18-34(15-11-19-4-2-1-3-5-19)38(36,37)26-17-21(29)7-9-23(26)30/h1-10,12,16-17H,11,13-15,18H2,(H,31,32)(H,33,35). The number of carbonyl (C=O) groups excluding carboxylic acids is 1. The highest BCUT2D eigenvalue weighted by atomic mass is 35.5. The maximum absolute atomic E-state index is 13.5. The zero-order valence-corrected chi connectivity index (χ0v) is 23.3. The monoisotopic (exact) mass is 590 g/mol. The lowest BCUT2D eigenvalue weighted by Gasteiger charge is -2.22. The number of amides is 1. The normalized spacial score (nSPS) is 11.6. The van der Waals surface area contributed by atoms with Crippen molar-refractivity contribution < 1.29 is 13.2 Å². The van der Waals surface area contributed by atoms with Gasteiger partial charge in [-0.2, -0.15) is 4.31 Å². The number of fused-ring (bicyclic) bond motifs is 1. The minimum absolute atomic E-state index is 0.0367. The summed E-state index contributed by atoms with van der Waals surface area (Å²) in [6.07, 6.45) is 2.10. The highest BCUT2D eigenvalue weighted by molar-refractivity contribution is 7.89. The molecule has 4 aromatic rings. The second-order valence-corrected chi connectivity index (χ2v) is 11.6. The Labute approximate surface area is 236 Å². The van der Waals surface area contributed by atoms with Crippen molar-refractivity contribution in [2.45, 2.75) is 11.3 Å². The van der Waals surface area contributed by atoms with E-state index in [-0.39, 0.29) is 34.6 Å². The number of anilines is 1. The van der Waals surface area contributed by atoms with Gasteiger partial charge in [0.1, 0.15) is 4.90 Å². The van der Waals surface area contributed by atoms with Crippen LogP contribution in [0.2, 0.25) is 15.1 Å². The number of sulfonamides is 1. The summed E-state index contributed by atoms with van der Waals surface area (Å²) in [5.74, 6) is -0.437. The van der Waals surface area contributed by atoms with Gasteiger partial charge in [-0.15, -0.1) is 0 Å². The van der Waals surface area contributed by atoms with E-state index in [0.717, 1.165) is 26.5 Å². The molecule has 4 rings (SSSR count). The van der Waals surface area contributed by atoms with E-state index in [1.54, 1.807) is 18.3 Å². The lowest BCUT2D eigenvalue weighted by atomic mass is 10.1. The number of pyridine rings is 1. The van der Waals surface area contributed by atoms with E-state index in [2.05, 4.69) is 15.6 Å². The summed E-state index contributed by atoms with van der Waals surface area (Å²) < 4.78 is 28.1. The Morgan fingerprint density at radius 2 is 1.63 bits per heavy atom. The van der Waals surface area contributed by atoms with Crippen molar-refractivity contribution in [3.05, 3.63) is 99.6 Å². The highest BCUT2D eigenvalue weighted by Crippen LogP contribution is 2.28. The van der Waals surface area contributed by atoms with E-state index in [4.69, 9.17) is 34.8 Å². The summed E-state index contributed by atoms with van der Waals surface area (Å²) in [5, 5.41) is 7.83. The number of nitrogens with one attached hydrogen (secondary N) is 2. The molecular weight excluding hydrogens is 567 g/mol. The molecule has 2 N–H and O–H groups in total. The molecule has 0 bridgehead atoms. The number of benzene rings is 3. The number of hydrogen-bond donors (Lipinski definition) is 2. The van der Waals surface area contributed by atoms with Crippen LogP contribution in [0, 0.1) is 0 Å². The van der Waals surface area contributed by atoms with E-state index < -0.39 is 15.9 Å². The third-order valence-corrected chi connectivity index (χ3v) is 8.59. The van der Waals surface area contributed by atoms with Crippen LogP contribution in [0.15, 0.2) is 83.9 Å². The van der Waals surface area contributed by atoms with Crippen LogP contribution in [-0.2, 0) is 21.2 Å². The number of nitrogens with zero attached hydrogens (tertiary/aromatic N) is 2. The van der Waals surface area contributed by atoms with Gasteiger partial charge in [-0.1, -0.05) is 65.1 Å². The molecular formula is C27H25Cl3N4O3S. The van der Waals surface area contributed by atoms with Crippen LogP contribution in [0.5, 0.6) is 0 Å². The van der Waals surface area contributed by atoms with Crippen LogP contribution in [0.3, 0.4) is 0 Å². The SMILES string of the molecule is O=C(CN(CCc1ccccc1)S(=O)(=O)c1cc(Cl)ccc1Cl)NCCNc1ccnc2cc(Cl)ccc12. The predicted molar refractivity (Wildman–Crippen MR) is 154 cm³/mol. The summed E-state index contributed by atoms with van der Waals surface area (Å²) in [5.41, 5.74) is 2.55. The Morgan fingerprint density at radius 1 is 0.895 bits per heavy atom. The van der Waals surface area contributed by atoms with Gasteiger partial charge in [0.25, 0.3) is 0 Å². The molecule has 0 radical (unpaired) electrons. The van der Waals surface area contributed by atoms with Crippen LogP contribution >= 0.6 is 34.8 Å². The van der Waals surface area contributed by atoms with Gasteiger partial charge in [0.15, 0.2) is 0 Å². The number of carbonyl (C=O) groups is 1. The molecule has 1 amide bonds. The van der Waals surface area contributed by atoms with Crippen molar-refractivity contribution in [1.82, 2.24) is 14.6 Å². The van der Waals surface area contributed by atoms with Gasteiger partial charge in [0.2, 0.25) is 15.9 Å². The Hall–Kier alpha value is -2.88. The van der Waals surface area contributed by atoms with Gasteiger partial charge >= 0.3 is 0 Å². The molecule has 11 heteroatoms. The van der Waals surface area contributed by atoms with Crippen molar-refractivity contribution >= 4 is 67.3 Å². The molecule has 0 atom stereocenters. The van der Waals surface area contributed by atoms with E-state index in [1.807, 2.05) is 42.5 Å². The zero-order chi connectivity index (χ0) is 27.1. The van der Waals surface area contributed by atoms with Gasteiger partial charge in [0.05, 0.1) is 17.1 Å². The van der Waals surface area contributed by atoms with Crippen LogP contribution < -0.4 is 10.6 Å². The first-order chi connectivity index (χ1) is 18.2. The van der Waals surface area contributed by atoms with Gasteiger partial charge in [-0.3, -0.25) is 9.78 Å². The number of hydrogen-bond acceptors (Lipinski definition) is 5. The fraction of sp³-hybridized carbons (Fsp3) is 0.185. The Bertz CT molecular complexity index is 1540. The molecule has 0 saturated carbocycles. The maximum atomic E-state index is 13.5. The van der Waals surface area contributed by atoms with Crippen molar-refractivity contribution in [3.63, 3.8) is 0 Å². The van der Waals surface area contributed by atoms with Crippen molar-refractivity contribution in [3.8, 4) is 0 Å². The largest absolute Gasteiger partial charge is 0.383 e. The molecule has 38 heavy (non-hydrogen) atoms. The van der Waals surface area contributed by atoms with Crippen molar-refractivity contribution in [2.24, 2.45) is 0 Å². The second-order valence-electron chi connectivity index (χ2n) is 8.45. The minimum atomic E-state index is -4.10. The number of halogens is 3. The fourth-order valence-electron chi connectivity index (χ4n) is 3.89. The van der Waals surface area contributed by atoms with Crippen LogP contribution in [0.25, 0.3) is 10.9 Å². The molecule has 0 saturated heterocycles. The molecule has 198 valence electrons. The lowest BCUT2D eigenvalue weighted by molar-refractivity contribution is -0.121. The molecule has 1 heterocycles. The molecule has 0 spiro atoms. The molecule has 0 fully saturated rings. The minimum Gasteiger partial charge on any atom is -0.383 e. The summed E-state index contributed by atoms with van der Waals surface area (Å²) in [6.45, 7) is 0.423. The number of aromatic nitrogens is 1. The summed E-state index contributed by atoms with van der Waals surface area (Å²) >= 11 is 18.3. The van der Waals surface area contributed by atoms with Crippen molar-refractivity contribution in [2.75, 3.05) is 31.5 Å². The van der Waals surface area contributed by atoms with Crippen LogP contribution in [0.1, 0.15) is 5.56 Å². The van der Waals surface area contributed by atoms with E-state index in [9.17, 15) is 13.2 Å². The zero-order valence-electron chi connectivity index (χ0n) is 20.2. The summed E-state index contributed by atoms with van der Waals surface area (Å²) in [7, 11) is -4.10. The third-order valence-electron chi connectivity index (χ3n) is 5.79. The second kappa shape index (κ2) is 12.8. The van der Waals surface area contributed by atoms with Gasteiger partial charge < -0.3 is 10.6 Å². The highest BCUT2D eigenvalue weighted by Gasteiger charge is 2.28. The molecule has 1 aromatic heterocycles.